The number of aliphatic hydroxyl groups is 1. The Hall–Kier alpha value is -0.900. The van der Waals surface area contributed by atoms with Gasteiger partial charge >= 0.3 is 0 Å². The first-order valence-electron chi connectivity index (χ1n) is 5.94. The molecule has 16 heavy (non-hydrogen) atoms. The molecule has 1 saturated heterocycles. The van der Waals surface area contributed by atoms with Crippen molar-refractivity contribution in [1.82, 2.24) is 4.90 Å². The molecular weight excluding hydrogens is 200 g/mol. The summed E-state index contributed by atoms with van der Waals surface area (Å²) < 4.78 is 0. The molecule has 1 aliphatic rings. The van der Waals surface area contributed by atoms with Gasteiger partial charge in [-0.15, -0.1) is 0 Å². The van der Waals surface area contributed by atoms with Gasteiger partial charge in [-0.2, -0.15) is 0 Å². The Bertz CT molecular complexity index is 315. The number of rotatable bonds is 3. The van der Waals surface area contributed by atoms with Crippen molar-refractivity contribution in [2.24, 2.45) is 11.7 Å². The molecule has 1 heterocycles. The highest BCUT2D eigenvalue weighted by atomic mass is 16.3. The number of hydrogen-bond acceptors (Lipinski definition) is 3. The predicted octanol–water partition coefficient (Wildman–Crippen LogP) is 0.828. The highest BCUT2D eigenvalue weighted by Crippen LogP contribution is 2.18. The minimum Gasteiger partial charge on any atom is -0.393 e. The Balaban J connectivity index is 1.92. The molecule has 3 N–H and O–H groups in total. The average molecular weight is 220 g/mol. The fourth-order valence-electron chi connectivity index (χ4n) is 2.31. The van der Waals surface area contributed by atoms with Gasteiger partial charge in [0.25, 0.3) is 0 Å². The second-order valence-corrected chi connectivity index (χ2v) is 4.57. The van der Waals surface area contributed by atoms with E-state index in [0.717, 1.165) is 26.1 Å². The van der Waals surface area contributed by atoms with Crippen molar-refractivity contribution in [2.45, 2.75) is 19.1 Å². The first-order chi connectivity index (χ1) is 7.79. The summed E-state index contributed by atoms with van der Waals surface area (Å²) in [7, 11) is 0. The molecule has 3 nitrogen and oxygen atoms in total. The minimum absolute atomic E-state index is 0.211. The number of aliphatic hydroxyl groups excluding tert-OH is 1. The van der Waals surface area contributed by atoms with E-state index in [1.165, 1.54) is 5.56 Å². The van der Waals surface area contributed by atoms with Gasteiger partial charge in [-0.3, -0.25) is 4.90 Å². The Morgan fingerprint density at radius 3 is 2.75 bits per heavy atom. The Labute approximate surface area is 96.9 Å². The van der Waals surface area contributed by atoms with Crippen molar-refractivity contribution in [3.63, 3.8) is 0 Å². The van der Waals surface area contributed by atoms with Gasteiger partial charge in [0.05, 0.1) is 6.10 Å². The summed E-state index contributed by atoms with van der Waals surface area (Å²) in [5.74, 6) is 0.234. The smallest absolute Gasteiger partial charge is 0.0604 e. The molecule has 0 radical (unpaired) electrons. The zero-order valence-electron chi connectivity index (χ0n) is 9.55. The highest BCUT2D eigenvalue weighted by molar-refractivity contribution is 5.14. The number of hydrogen-bond donors (Lipinski definition) is 2. The van der Waals surface area contributed by atoms with Crippen LogP contribution in [-0.4, -0.2) is 35.7 Å². The number of likely N-dealkylation sites (tertiary alicyclic amines) is 1. The zero-order chi connectivity index (χ0) is 11.4. The van der Waals surface area contributed by atoms with Crippen LogP contribution in [0.15, 0.2) is 30.3 Å². The van der Waals surface area contributed by atoms with Gasteiger partial charge in [-0.25, -0.2) is 0 Å². The summed E-state index contributed by atoms with van der Waals surface area (Å²) in [6, 6.07) is 10.4. The van der Waals surface area contributed by atoms with Crippen LogP contribution in [0.2, 0.25) is 0 Å². The van der Waals surface area contributed by atoms with Crippen molar-refractivity contribution < 1.29 is 5.11 Å². The van der Waals surface area contributed by atoms with Crippen LogP contribution < -0.4 is 5.73 Å². The lowest BCUT2D eigenvalue weighted by molar-refractivity contribution is 0.0277. The first kappa shape index (κ1) is 11.6. The quantitative estimate of drug-likeness (QED) is 0.793. The third kappa shape index (κ3) is 2.82. The second-order valence-electron chi connectivity index (χ2n) is 4.57. The summed E-state index contributed by atoms with van der Waals surface area (Å²) in [4.78, 5) is 2.37. The average Bonchev–Trinajstić information content (AvgIpc) is 2.33. The van der Waals surface area contributed by atoms with Gasteiger partial charge in [0, 0.05) is 25.6 Å². The van der Waals surface area contributed by atoms with Crippen LogP contribution in [0.25, 0.3) is 0 Å². The van der Waals surface area contributed by atoms with E-state index in [4.69, 9.17) is 5.73 Å². The number of nitrogens with two attached hydrogens (primary N) is 1. The van der Waals surface area contributed by atoms with Crippen LogP contribution in [0.3, 0.4) is 0 Å². The van der Waals surface area contributed by atoms with Crippen molar-refractivity contribution in [3.8, 4) is 0 Å². The van der Waals surface area contributed by atoms with E-state index >= 15 is 0 Å². The summed E-state index contributed by atoms with van der Waals surface area (Å²) in [6.07, 6.45) is 0.631. The molecule has 2 atom stereocenters. The minimum atomic E-state index is -0.211. The van der Waals surface area contributed by atoms with Crippen molar-refractivity contribution in [2.75, 3.05) is 19.6 Å². The lowest BCUT2D eigenvalue weighted by Crippen LogP contribution is -2.45. The van der Waals surface area contributed by atoms with E-state index in [-0.39, 0.29) is 12.0 Å². The summed E-state index contributed by atoms with van der Waals surface area (Å²) in [6.45, 7) is 3.41. The van der Waals surface area contributed by atoms with Crippen LogP contribution in [0.1, 0.15) is 12.0 Å². The zero-order valence-corrected chi connectivity index (χ0v) is 9.55. The Morgan fingerprint density at radius 2 is 2.06 bits per heavy atom. The highest BCUT2D eigenvalue weighted by Gasteiger charge is 2.26. The maximum atomic E-state index is 9.75. The normalized spacial score (nSPS) is 26.9. The maximum absolute atomic E-state index is 9.75. The first-order valence-corrected chi connectivity index (χ1v) is 5.94. The monoisotopic (exact) mass is 220 g/mol. The van der Waals surface area contributed by atoms with Crippen LogP contribution in [0.5, 0.6) is 0 Å². The molecular formula is C13H20N2O. The van der Waals surface area contributed by atoms with E-state index in [0.29, 0.717) is 6.54 Å². The molecule has 0 spiro atoms. The molecule has 0 aromatic heterocycles. The van der Waals surface area contributed by atoms with Crippen molar-refractivity contribution >= 4 is 0 Å². The molecule has 0 bridgehead atoms. The number of benzene rings is 1. The van der Waals surface area contributed by atoms with Gasteiger partial charge < -0.3 is 10.8 Å². The third-order valence-corrected chi connectivity index (χ3v) is 3.33. The van der Waals surface area contributed by atoms with E-state index in [9.17, 15) is 5.11 Å². The molecule has 0 amide bonds. The van der Waals surface area contributed by atoms with Crippen molar-refractivity contribution in [3.05, 3.63) is 35.9 Å². The fraction of sp³-hybridized carbons (Fsp3) is 0.538. The van der Waals surface area contributed by atoms with E-state index < -0.39 is 0 Å². The maximum Gasteiger partial charge on any atom is 0.0604 e. The number of piperidine rings is 1. The van der Waals surface area contributed by atoms with Crippen LogP contribution >= 0.6 is 0 Å². The summed E-state index contributed by atoms with van der Waals surface area (Å²) in [5, 5.41) is 9.75. The van der Waals surface area contributed by atoms with Crippen LogP contribution in [0, 0.1) is 5.92 Å². The number of nitrogens with zero attached hydrogens (tertiary/aromatic N) is 1. The molecule has 0 saturated carbocycles. The fourth-order valence-corrected chi connectivity index (χ4v) is 2.31. The van der Waals surface area contributed by atoms with Gasteiger partial charge in [0.2, 0.25) is 0 Å². The van der Waals surface area contributed by atoms with E-state index in [1.54, 1.807) is 0 Å². The molecule has 3 heteroatoms. The molecule has 1 aliphatic heterocycles. The SMILES string of the molecule is NC[C@@H]1CN(Cc2ccccc2)CC[C@H]1O. The van der Waals surface area contributed by atoms with Gasteiger partial charge in [-0.1, -0.05) is 30.3 Å². The van der Waals surface area contributed by atoms with E-state index in [2.05, 4.69) is 29.2 Å². The molecule has 0 aliphatic carbocycles. The van der Waals surface area contributed by atoms with E-state index in [1.807, 2.05) is 6.07 Å². The second kappa shape index (κ2) is 5.43. The molecule has 1 fully saturated rings. The predicted molar refractivity (Wildman–Crippen MR) is 64.9 cm³/mol. The Morgan fingerprint density at radius 1 is 1.31 bits per heavy atom. The molecule has 1 aromatic rings. The standard InChI is InChI=1S/C13H20N2O/c14-8-12-10-15(7-6-13(12)16)9-11-4-2-1-3-5-11/h1-5,12-13,16H,6-10,14H2/t12-,13-/m1/s1. The van der Waals surface area contributed by atoms with Crippen LogP contribution in [-0.2, 0) is 6.54 Å². The topological polar surface area (TPSA) is 49.5 Å². The molecule has 0 unspecified atom stereocenters. The molecule has 88 valence electrons. The molecule has 2 rings (SSSR count). The largest absolute Gasteiger partial charge is 0.393 e. The van der Waals surface area contributed by atoms with Gasteiger partial charge in [0.15, 0.2) is 0 Å². The van der Waals surface area contributed by atoms with Crippen molar-refractivity contribution in [1.29, 1.82) is 0 Å². The summed E-state index contributed by atoms with van der Waals surface area (Å²) >= 11 is 0. The third-order valence-electron chi connectivity index (χ3n) is 3.33. The molecule has 1 aromatic carbocycles. The van der Waals surface area contributed by atoms with Gasteiger partial charge in [0.1, 0.15) is 0 Å². The summed E-state index contributed by atoms with van der Waals surface area (Å²) in [5.41, 5.74) is 6.99. The lowest BCUT2D eigenvalue weighted by Gasteiger charge is -2.35. The van der Waals surface area contributed by atoms with Gasteiger partial charge in [-0.05, 0) is 18.5 Å². The Kier molecular flexibility index (Phi) is 3.93. The van der Waals surface area contributed by atoms with Crippen LogP contribution in [0.4, 0.5) is 0 Å². The lowest BCUT2D eigenvalue weighted by atomic mass is 9.94.